The molecule has 2 aromatic carbocycles. The van der Waals surface area contributed by atoms with Crippen LogP contribution in [0.3, 0.4) is 0 Å². The van der Waals surface area contributed by atoms with E-state index in [1.165, 1.54) is 12.5 Å². The summed E-state index contributed by atoms with van der Waals surface area (Å²) in [7, 11) is 2.57. The zero-order valence-corrected chi connectivity index (χ0v) is 18.8. The van der Waals surface area contributed by atoms with Crippen molar-refractivity contribution >= 4 is 17.9 Å². The molecule has 0 aliphatic rings. The van der Waals surface area contributed by atoms with E-state index < -0.39 is 0 Å². The summed E-state index contributed by atoms with van der Waals surface area (Å²) in [5.41, 5.74) is 6.93. The van der Waals surface area contributed by atoms with Crippen molar-refractivity contribution in [3.05, 3.63) is 83.6 Å². The third-order valence-electron chi connectivity index (χ3n) is 4.85. The van der Waals surface area contributed by atoms with Crippen LogP contribution in [0, 0.1) is 6.92 Å². The quantitative estimate of drug-likeness (QED) is 0.486. The number of allylic oxidation sites excluding steroid dienone is 1. The number of nitrogens with zero attached hydrogens (tertiary/aromatic N) is 1. The molecule has 0 fully saturated rings. The Morgan fingerprint density at radius 3 is 1.97 bits per heavy atom. The average molecular weight is 416 g/mol. The molecule has 1 N–H and O–H groups in total. The van der Waals surface area contributed by atoms with Gasteiger partial charge in [-0.1, -0.05) is 72.8 Å². The minimum Gasteiger partial charge on any atom is -0.494 e. The van der Waals surface area contributed by atoms with Crippen LogP contribution in [0.4, 0.5) is 0 Å². The normalized spacial score (nSPS) is 10.4. The molecule has 1 heterocycles. The minimum absolute atomic E-state index is 0.0811. The number of aliphatic hydroxyl groups is 1. The summed E-state index contributed by atoms with van der Waals surface area (Å²) in [5, 5.41) is 7.00. The summed E-state index contributed by atoms with van der Waals surface area (Å²) >= 11 is 0. The number of aromatic nitrogens is 1. The maximum Gasteiger partial charge on any atom is 0.164 e. The van der Waals surface area contributed by atoms with Crippen LogP contribution in [-0.4, -0.2) is 30.1 Å². The molecule has 0 saturated heterocycles. The van der Waals surface area contributed by atoms with Gasteiger partial charge in [-0.2, -0.15) is 0 Å². The first-order valence-corrected chi connectivity index (χ1v) is 10.00. The molecule has 0 amide bonds. The highest BCUT2D eigenvalue weighted by Crippen LogP contribution is 2.37. The van der Waals surface area contributed by atoms with E-state index >= 15 is 0 Å². The number of ether oxygens (including phenoxy) is 1. The van der Waals surface area contributed by atoms with Crippen LogP contribution in [0.1, 0.15) is 41.0 Å². The van der Waals surface area contributed by atoms with Gasteiger partial charge in [0.05, 0.1) is 18.4 Å². The first-order valence-electron chi connectivity index (χ1n) is 10.00. The molecule has 4 nitrogen and oxygen atoms in total. The predicted octanol–water partition coefficient (Wildman–Crippen LogP) is 6.22. The molecule has 0 atom stereocenters. The summed E-state index contributed by atoms with van der Waals surface area (Å²) in [5.74, 6) is 0.395. The van der Waals surface area contributed by atoms with Crippen molar-refractivity contribution in [3.8, 4) is 28.1 Å². The van der Waals surface area contributed by atoms with E-state index in [2.05, 4.69) is 49.9 Å². The van der Waals surface area contributed by atoms with Crippen molar-refractivity contribution in [2.45, 2.75) is 20.8 Å². The lowest BCUT2D eigenvalue weighted by Gasteiger charge is -2.17. The van der Waals surface area contributed by atoms with Gasteiger partial charge in [-0.15, -0.1) is 0 Å². The number of benzene rings is 2. The molecule has 1 aromatic heterocycles. The zero-order chi connectivity index (χ0) is 23.0. The van der Waals surface area contributed by atoms with E-state index in [9.17, 15) is 4.79 Å². The first kappa shape index (κ1) is 23.8. The van der Waals surface area contributed by atoms with Gasteiger partial charge in [0, 0.05) is 18.2 Å². The number of Topliss-reactive ketones (excluding diaryl/α,β-unsaturated/α-hetero) is 1. The number of hydrogen-bond donors (Lipinski definition) is 1. The van der Waals surface area contributed by atoms with E-state index in [4.69, 9.17) is 14.8 Å². The van der Waals surface area contributed by atoms with Crippen molar-refractivity contribution < 1.29 is 14.6 Å². The molecule has 0 saturated carbocycles. The highest BCUT2D eigenvalue weighted by molar-refractivity contribution is 6.03. The SMILES string of the molecule is C=Cc1c(/C=C\C)nc(-c2ccc(-c3ccc(C)cc3)cc2)c(OC)c1C(C)=O.CO. The molecule has 31 heavy (non-hydrogen) atoms. The number of aliphatic hydroxyl groups excluding tert-OH is 1. The third-order valence-corrected chi connectivity index (χ3v) is 4.85. The number of ketones is 1. The molecule has 3 aromatic rings. The molecule has 0 bridgehead atoms. The van der Waals surface area contributed by atoms with Crippen molar-refractivity contribution in [1.29, 1.82) is 0 Å². The van der Waals surface area contributed by atoms with Crippen LogP contribution in [-0.2, 0) is 0 Å². The van der Waals surface area contributed by atoms with Crippen LogP contribution in [0.5, 0.6) is 5.75 Å². The van der Waals surface area contributed by atoms with E-state index in [0.29, 0.717) is 28.3 Å². The number of carbonyl (C=O) groups excluding carboxylic acids is 1. The van der Waals surface area contributed by atoms with Crippen molar-refractivity contribution in [3.63, 3.8) is 0 Å². The second kappa shape index (κ2) is 11.0. The lowest BCUT2D eigenvalue weighted by atomic mass is 9.96. The van der Waals surface area contributed by atoms with Gasteiger partial charge in [0.15, 0.2) is 11.5 Å². The van der Waals surface area contributed by atoms with Gasteiger partial charge < -0.3 is 9.84 Å². The lowest BCUT2D eigenvalue weighted by molar-refractivity contribution is 0.101. The molecule has 0 spiro atoms. The van der Waals surface area contributed by atoms with E-state index in [1.54, 1.807) is 13.2 Å². The fourth-order valence-corrected chi connectivity index (χ4v) is 3.40. The Labute approximate surface area is 184 Å². The average Bonchev–Trinajstić information content (AvgIpc) is 2.80. The van der Waals surface area contributed by atoms with Crippen LogP contribution < -0.4 is 4.74 Å². The fraction of sp³-hybridized carbons (Fsp3) is 0.185. The van der Waals surface area contributed by atoms with Gasteiger partial charge in [0.1, 0.15) is 5.69 Å². The van der Waals surface area contributed by atoms with E-state index in [1.807, 2.05) is 31.2 Å². The van der Waals surface area contributed by atoms with E-state index in [-0.39, 0.29) is 5.78 Å². The number of methoxy groups -OCH3 is 1. The van der Waals surface area contributed by atoms with Gasteiger partial charge in [0.2, 0.25) is 0 Å². The Bertz CT molecular complexity index is 1080. The second-order valence-corrected chi connectivity index (χ2v) is 6.87. The summed E-state index contributed by atoms with van der Waals surface area (Å²) in [6.45, 7) is 9.40. The highest BCUT2D eigenvalue weighted by atomic mass is 16.5. The van der Waals surface area contributed by atoms with Crippen LogP contribution >= 0.6 is 0 Å². The molecule has 0 aliphatic carbocycles. The van der Waals surface area contributed by atoms with Crippen LogP contribution in [0.15, 0.2) is 61.2 Å². The van der Waals surface area contributed by atoms with Crippen molar-refractivity contribution in [1.82, 2.24) is 4.98 Å². The smallest absolute Gasteiger partial charge is 0.164 e. The van der Waals surface area contributed by atoms with Gasteiger partial charge >= 0.3 is 0 Å². The number of pyridine rings is 1. The third kappa shape index (κ3) is 5.16. The fourth-order valence-electron chi connectivity index (χ4n) is 3.40. The molecule has 4 heteroatoms. The summed E-state index contributed by atoms with van der Waals surface area (Å²) < 4.78 is 5.64. The number of hydrogen-bond acceptors (Lipinski definition) is 4. The monoisotopic (exact) mass is 415 g/mol. The highest BCUT2D eigenvalue weighted by Gasteiger charge is 2.22. The van der Waals surface area contributed by atoms with Crippen molar-refractivity contribution in [2.24, 2.45) is 0 Å². The largest absolute Gasteiger partial charge is 0.494 e. The first-order chi connectivity index (χ1) is 15.0. The topological polar surface area (TPSA) is 59.4 Å². The van der Waals surface area contributed by atoms with Gasteiger partial charge in [0.25, 0.3) is 0 Å². The maximum atomic E-state index is 12.4. The van der Waals surface area contributed by atoms with Crippen LogP contribution in [0.2, 0.25) is 0 Å². The molecular formula is C27H29NO3. The summed E-state index contributed by atoms with van der Waals surface area (Å²) in [6, 6.07) is 16.6. The molecule has 3 rings (SSSR count). The summed E-state index contributed by atoms with van der Waals surface area (Å²) in [4.78, 5) is 17.2. The number of rotatable bonds is 6. The summed E-state index contributed by atoms with van der Waals surface area (Å²) in [6.07, 6.45) is 5.44. The van der Waals surface area contributed by atoms with E-state index in [0.717, 1.165) is 23.8 Å². The Hall–Kier alpha value is -3.50. The Morgan fingerprint density at radius 1 is 1.00 bits per heavy atom. The lowest BCUT2D eigenvalue weighted by Crippen LogP contribution is -2.07. The Kier molecular flexibility index (Phi) is 8.47. The van der Waals surface area contributed by atoms with Gasteiger partial charge in [-0.25, -0.2) is 4.98 Å². The number of aryl methyl sites for hydroxylation is 1. The minimum atomic E-state index is -0.0811. The number of carbonyl (C=O) groups is 1. The molecule has 0 unspecified atom stereocenters. The molecule has 0 radical (unpaired) electrons. The zero-order valence-electron chi connectivity index (χ0n) is 18.8. The van der Waals surface area contributed by atoms with Gasteiger partial charge in [-0.3, -0.25) is 4.79 Å². The molecular weight excluding hydrogens is 386 g/mol. The Morgan fingerprint density at radius 2 is 1.52 bits per heavy atom. The predicted molar refractivity (Wildman–Crippen MR) is 129 cm³/mol. The van der Waals surface area contributed by atoms with Crippen molar-refractivity contribution in [2.75, 3.05) is 14.2 Å². The Balaban J connectivity index is 0.00000166. The molecule has 0 aliphatic heterocycles. The maximum absolute atomic E-state index is 12.4. The standard InChI is InChI=1S/C26H25NO2.CH4O/c1-6-8-23-22(7-2)24(18(4)28)26(29-5)25(27-23)21-15-13-20(14-16-21)19-11-9-17(3)10-12-19;1-2/h6-16H,2H2,1,3-5H3;2H,1H3/b8-6-;. The van der Waals surface area contributed by atoms with Gasteiger partial charge in [-0.05, 0) is 38.0 Å². The second-order valence-electron chi connectivity index (χ2n) is 6.87. The molecule has 160 valence electrons. The van der Waals surface area contributed by atoms with Crippen LogP contribution in [0.25, 0.3) is 34.5 Å².